The largest absolute Gasteiger partial charge is 0.394 e. The molecule has 0 spiro atoms. The molecule has 0 amide bonds. The van der Waals surface area contributed by atoms with Crippen molar-refractivity contribution in [2.45, 2.75) is 24.5 Å². The van der Waals surface area contributed by atoms with E-state index < -0.39 is 36.8 Å². The van der Waals surface area contributed by atoms with Gasteiger partial charge < -0.3 is 29.7 Å². The molecule has 0 bridgehead atoms. The van der Waals surface area contributed by atoms with Gasteiger partial charge in [0.1, 0.15) is 18.3 Å². The van der Waals surface area contributed by atoms with E-state index in [4.69, 9.17) is 14.6 Å². The van der Waals surface area contributed by atoms with Crippen LogP contribution in [0.25, 0.3) is 0 Å². The molecule has 2 fully saturated rings. The van der Waals surface area contributed by atoms with Crippen molar-refractivity contribution in [3.63, 3.8) is 0 Å². The molecule has 3 heterocycles. The van der Waals surface area contributed by atoms with Gasteiger partial charge in [-0.05, 0) is 6.07 Å². The van der Waals surface area contributed by atoms with Crippen LogP contribution < -0.4 is 5.69 Å². The molecular formula is C14H20N4O6. The van der Waals surface area contributed by atoms with E-state index in [9.17, 15) is 15.0 Å². The van der Waals surface area contributed by atoms with Crippen LogP contribution in [0.3, 0.4) is 0 Å². The third kappa shape index (κ3) is 3.47. The first kappa shape index (κ1) is 17.0. The van der Waals surface area contributed by atoms with E-state index in [-0.39, 0.29) is 5.82 Å². The van der Waals surface area contributed by atoms with Gasteiger partial charge in [0.2, 0.25) is 0 Å². The molecule has 10 nitrogen and oxygen atoms in total. The van der Waals surface area contributed by atoms with E-state index in [0.717, 1.165) is 17.7 Å². The summed E-state index contributed by atoms with van der Waals surface area (Å²) >= 11 is 0. The lowest BCUT2D eigenvalue weighted by molar-refractivity contribution is -0.0549. The highest BCUT2D eigenvalue weighted by molar-refractivity contribution is 5.59. The maximum absolute atomic E-state index is 12.1. The zero-order chi connectivity index (χ0) is 17.1. The monoisotopic (exact) mass is 340 g/mol. The number of aliphatic hydroxyl groups is 3. The molecule has 0 aliphatic carbocycles. The number of aliphatic hydroxyl groups excluding tert-OH is 3. The Balaban J connectivity index is 1.73. The summed E-state index contributed by atoms with van der Waals surface area (Å²) in [7, 11) is 0. The molecule has 2 aliphatic heterocycles. The third-order valence-corrected chi connectivity index (χ3v) is 4.01. The molecule has 2 unspecified atom stereocenters. The summed E-state index contributed by atoms with van der Waals surface area (Å²) in [5.41, 5.74) is -0.665. The van der Waals surface area contributed by atoms with Gasteiger partial charge in [-0.1, -0.05) is 0 Å². The minimum Gasteiger partial charge on any atom is -0.394 e. The van der Waals surface area contributed by atoms with Crippen molar-refractivity contribution < 1.29 is 24.8 Å². The van der Waals surface area contributed by atoms with Gasteiger partial charge in [0.15, 0.2) is 12.0 Å². The Bertz CT molecular complexity index is 644. The summed E-state index contributed by atoms with van der Waals surface area (Å²) in [5.74, 6) is 0.231. The van der Waals surface area contributed by atoms with Gasteiger partial charge in [-0.25, -0.2) is 9.79 Å². The lowest BCUT2D eigenvalue weighted by Crippen LogP contribution is -2.36. The summed E-state index contributed by atoms with van der Waals surface area (Å²) < 4.78 is 11.6. The quantitative estimate of drug-likeness (QED) is 0.418. The summed E-state index contributed by atoms with van der Waals surface area (Å²) in [6.07, 6.45) is -1.65. The first-order chi connectivity index (χ1) is 11.6. The minimum atomic E-state index is -1.33. The number of rotatable bonds is 4. The van der Waals surface area contributed by atoms with Crippen LogP contribution >= 0.6 is 0 Å². The number of aromatic nitrogens is 2. The molecule has 1 aromatic heterocycles. The lowest BCUT2D eigenvalue weighted by Gasteiger charge is -2.24. The van der Waals surface area contributed by atoms with E-state index in [1.165, 1.54) is 12.3 Å². The maximum atomic E-state index is 12.1. The van der Waals surface area contributed by atoms with Crippen molar-refractivity contribution >= 4 is 12.2 Å². The van der Waals surface area contributed by atoms with Crippen molar-refractivity contribution in [1.29, 1.82) is 0 Å². The molecule has 1 aromatic rings. The van der Waals surface area contributed by atoms with E-state index in [1.807, 2.05) is 4.90 Å². The van der Waals surface area contributed by atoms with Gasteiger partial charge in [0.05, 0.1) is 26.2 Å². The van der Waals surface area contributed by atoms with Crippen molar-refractivity contribution in [2.75, 3.05) is 32.9 Å². The molecule has 24 heavy (non-hydrogen) atoms. The van der Waals surface area contributed by atoms with Gasteiger partial charge in [-0.15, -0.1) is 0 Å². The zero-order valence-corrected chi connectivity index (χ0v) is 12.9. The Kier molecular flexibility index (Phi) is 5.21. The first-order valence-corrected chi connectivity index (χ1v) is 7.68. The van der Waals surface area contributed by atoms with E-state index in [0.29, 0.717) is 13.2 Å². The van der Waals surface area contributed by atoms with E-state index in [2.05, 4.69) is 9.98 Å². The zero-order valence-electron chi connectivity index (χ0n) is 12.9. The number of hydrogen-bond donors (Lipinski definition) is 3. The Morgan fingerprint density at radius 2 is 2.08 bits per heavy atom. The van der Waals surface area contributed by atoms with Gasteiger partial charge in [0.25, 0.3) is 0 Å². The smallest absolute Gasteiger partial charge is 0.351 e. The van der Waals surface area contributed by atoms with Gasteiger partial charge in [0, 0.05) is 19.3 Å². The van der Waals surface area contributed by atoms with Gasteiger partial charge in [-0.2, -0.15) is 4.98 Å². The molecule has 3 rings (SSSR count). The SMILES string of the molecule is O=c1nc(N=CN2CCOCC2)ccn1[C@@H]1O[C@H](CO)C(O)C1O. The van der Waals surface area contributed by atoms with Crippen LogP contribution in [-0.2, 0) is 9.47 Å². The number of morpholine rings is 1. The predicted octanol–water partition coefficient (Wildman–Crippen LogP) is -2.15. The summed E-state index contributed by atoms with van der Waals surface area (Å²) in [6.45, 7) is 2.25. The van der Waals surface area contributed by atoms with Crippen molar-refractivity contribution in [3.8, 4) is 0 Å². The topological polar surface area (TPSA) is 130 Å². The highest BCUT2D eigenvalue weighted by Gasteiger charge is 2.43. The second-order valence-corrected chi connectivity index (χ2v) is 5.60. The van der Waals surface area contributed by atoms with Gasteiger partial charge in [-0.3, -0.25) is 4.57 Å². The molecular weight excluding hydrogens is 320 g/mol. The third-order valence-electron chi connectivity index (χ3n) is 4.01. The highest BCUT2D eigenvalue weighted by Crippen LogP contribution is 2.28. The molecule has 0 radical (unpaired) electrons. The average molecular weight is 340 g/mol. The van der Waals surface area contributed by atoms with Crippen molar-refractivity contribution in [3.05, 3.63) is 22.7 Å². The second-order valence-electron chi connectivity index (χ2n) is 5.60. The minimum absolute atomic E-state index is 0.231. The van der Waals surface area contributed by atoms with E-state index in [1.54, 1.807) is 6.34 Å². The fraction of sp³-hybridized carbons (Fsp3) is 0.643. The molecule has 0 aromatic carbocycles. The number of ether oxygens (including phenoxy) is 2. The summed E-state index contributed by atoms with van der Waals surface area (Å²) in [5, 5.41) is 28.8. The number of nitrogens with zero attached hydrogens (tertiary/aromatic N) is 4. The number of hydrogen-bond acceptors (Lipinski definition) is 8. The van der Waals surface area contributed by atoms with Crippen LogP contribution in [0.15, 0.2) is 22.1 Å². The second kappa shape index (κ2) is 7.36. The maximum Gasteiger partial charge on any atom is 0.351 e. The Labute approximate surface area is 137 Å². The van der Waals surface area contributed by atoms with Crippen LogP contribution in [0.5, 0.6) is 0 Å². The molecule has 4 atom stereocenters. The number of aliphatic imine (C=N–C) groups is 1. The highest BCUT2D eigenvalue weighted by atomic mass is 16.6. The molecule has 10 heteroatoms. The van der Waals surface area contributed by atoms with Crippen LogP contribution in [0.2, 0.25) is 0 Å². The van der Waals surface area contributed by atoms with Crippen LogP contribution in [0.4, 0.5) is 5.82 Å². The Hall–Kier alpha value is -1.85. The standard InChI is InChI=1S/C14H20N4O6/c19-7-9-11(20)12(21)13(24-9)18-2-1-10(16-14(18)22)15-8-17-3-5-23-6-4-17/h1-2,8-9,11-13,19-21H,3-7H2/t9-,11?,12?,13-/m1/s1. The average Bonchev–Trinajstić information content (AvgIpc) is 2.89. The van der Waals surface area contributed by atoms with E-state index >= 15 is 0 Å². The normalized spacial score (nSPS) is 31.0. The molecule has 0 saturated carbocycles. The Morgan fingerprint density at radius 3 is 2.71 bits per heavy atom. The molecule has 2 aliphatic rings. The molecule has 3 N–H and O–H groups in total. The summed E-state index contributed by atoms with van der Waals surface area (Å²) in [4.78, 5) is 22.1. The molecule has 2 saturated heterocycles. The van der Waals surface area contributed by atoms with Crippen molar-refractivity contribution in [2.24, 2.45) is 4.99 Å². The van der Waals surface area contributed by atoms with Crippen LogP contribution in [-0.4, -0.2) is 87.3 Å². The fourth-order valence-electron chi connectivity index (χ4n) is 2.61. The Morgan fingerprint density at radius 1 is 1.33 bits per heavy atom. The molecule has 132 valence electrons. The van der Waals surface area contributed by atoms with Crippen molar-refractivity contribution in [1.82, 2.24) is 14.5 Å². The predicted molar refractivity (Wildman–Crippen MR) is 82.1 cm³/mol. The first-order valence-electron chi connectivity index (χ1n) is 7.68. The van der Waals surface area contributed by atoms with Crippen LogP contribution in [0, 0.1) is 0 Å². The lowest BCUT2D eigenvalue weighted by atomic mass is 10.1. The van der Waals surface area contributed by atoms with Crippen LogP contribution in [0.1, 0.15) is 6.23 Å². The fourth-order valence-corrected chi connectivity index (χ4v) is 2.61. The summed E-state index contributed by atoms with van der Waals surface area (Å²) in [6, 6.07) is 1.51. The van der Waals surface area contributed by atoms with Gasteiger partial charge >= 0.3 is 5.69 Å².